The molecule has 0 aromatic rings. The van der Waals surface area contributed by atoms with Gasteiger partial charge in [-0.3, -0.25) is 9.59 Å². The number of aliphatic carboxylic acids is 2. The monoisotopic (exact) mass is 1170 g/mol. The van der Waals surface area contributed by atoms with Crippen LogP contribution >= 0.6 is 0 Å². The second-order valence-corrected chi connectivity index (χ2v) is 24.1. The predicted molar refractivity (Wildman–Crippen MR) is 329 cm³/mol. The summed E-state index contributed by atoms with van der Waals surface area (Å²) in [6.07, 6.45) is 70.1. The molecule has 0 radical (unpaired) electrons. The smallest absolute Gasteiger partial charge is 0.550 e. The summed E-state index contributed by atoms with van der Waals surface area (Å²) in [6.45, 7) is 9.06. The minimum atomic E-state index is -0.949. The molecule has 0 bridgehead atoms. The second kappa shape index (κ2) is 70.8. The van der Waals surface area contributed by atoms with Crippen molar-refractivity contribution >= 4 is 23.9 Å². The maximum atomic E-state index is 12.5. The van der Waals surface area contributed by atoms with Crippen molar-refractivity contribution in [1.29, 1.82) is 0 Å². The number of carboxylic acid groups (broad SMARTS) is 2. The molecule has 0 saturated heterocycles. The molecule has 79 heavy (non-hydrogen) atoms. The molecule has 0 N–H and O–H groups in total. The molecule has 0 aliphatic heterocycles. The SMILES string of the molecule is CCCCCCCCCCCCCCCCC(=O)OC(CCCCCCCCC)CCCCCCCC(=O)[O-].CCCCCCCCCCCCCCCCC(=O)OC(CCCCCCCCC)CCCCCCCC(=O)[O-].[Zn+2]. The van der Waals surface area contributed by atoms with Crippen LogP contribution in [0.2, 0.25) is 0 Å². The molecule has 2 atom stereocenters. The van der Waals surface area contributed by atoms with Gasteiger partial charge in [-0.2, -0.15) is 0 Å². The Morgan fingerprint density at radius 2 is 0.392 bits per heavy atom. The number of unbranched alkanes of at least 4 members (excludes halogenated alkanes) is 46. The summed E-state index contributed by atoms with van der Waals surface area (Å²) in [5.41, 5.74) is 0. The van der Waals surface area contributed by atoms with E-state index in [0.29, 0.717) is 25.7 Å². The molecular weight excluding hydrogens is 1030 g/mol. The van der Waals surface area contributed by atoms with Crippen LogP contribution in [-0.4, -0.2) is 36.1 Å². The van der Waals surface area contributed by atoms with Crippen molar-refractivity contribution in [3.05, 3.63) is 0 Å². The molecule has 0 saturated carbocycles. The van der Waals surface area contributed by atoms with Crippen molar-refractivity contribution < 1.29 is 58.3 Å². The molecule has 0 amide bonds. The van der Waals surface area contributed by atoms with E-state index in [4.69, 9.17) is 9.47 Å². The first kappa shape index (κ1) is 81.7. The number of carbonyl (C=O) groups is 4. The maximum absolute atomic E-state index is 12.5. The first-order valence-corrected chi connectivity index (χ1v) is 35.0. The van der Waals surface area contributed by atoms with E-state index in [1.165, 1.54) is 231 Å². The third-order valence-corrected chi connectivity index (χ3v) is 16.1. The van der Waals surface area contributed by atoms with Gasteiger partial charge in [-0.25, -0.2) is 0 Å². The Bertz CT molecular complexity index is 1140. The Labute approximate surface area is 504 Å². The van der Waals surface area contributed by atoms with E-state index < -0.39 is 11.9 Å². The number of hydrogen-bond donors (Lipinski definition) is 0. The number of carboxylic acids is 2. The van der Waals surface area contributed by atoms with Crippen LogP contribution in [0.4, 0.5) is 0 Å². The Hall–Kier alpha value is -1.50. The van der Waals surface area contributed by atoms with Gasteiger partial charge in [0.25, 0.3) is 0 Å². The van der Waals surface area contributed by atoms with Crippen LogP contribution in [0.3, 0.4) is 0 Å². The number of esters is 2. The minimum absolute atomic E-state index is 0. The van der Waals surface area contributed by atoms with Gasteiger partial charge in [0, 0.05) is 24.8 Å². The summed E-state index contributed by atoms with van der Waals surface area (Å²) in [5, 5.41) is 21.1. The average Bonchev–Trinajstić information content (AvgIpc) is 3.42. The Kier molecular flexibility index (Phi) is 73.2. The zero-order valence-corrected chi connectivity index (χ0v) is 56.5. The number of hydrogen-bond acceptors (Lipinski definition) is 8. The summed E-state index contributed by atoms with van der Waals surface area (Å²) >= 11 is 0. The van der Waals surface area contributed by atoms with E-state index in [2.05, 4.69) is 27.7 Å². The van der Waals surface area contributed by atoms with Crippen molar-refractivity contribution in [2.24, 2.45) is 0 Å². The molecule has 0 aromatic heterocycles. The third-order valence-electron chi connectivity index (χ3n) is 16.1. The number of ether oxygens (including phenoxy) is 2. The summed E-state index contributed by atoms with van der Waals surface area (Å²) < 4.78 is 11.9. The van der Waals surface area contributed by atoms with Gasteiger partial charge in [-0.1, -0.05) is 310 Å². The molecule has 0 spiro atoms. The number of carbonyl (C=O) groups excluding carboxylic acids is 4. The molecule has 2 unspecified atom stereocenters. The topological polar surface area (TPSA) is 133 Å². The fourth-order valence-corrected chi connectivity index (χ4v) is 10.9. The van der Waals surface area contributed by atoms with Gasteiger partial charge in [-0.15, -0.1) is 0 Å². The van der Waals surface area contributed by atoms with Crippen LogP contribution in [0, 0.1) is 0 Å². The first-order valence-electron chi connectivity index (χ1n) is 35.0. The zero-order chi connectivity index (χ0) is 57.3. The van der Waals surface area contributed by atoms with Crippen LogP contribution in [0.5, 0.6) is 0 Å². The molecule has 0 aliphatic rings. The summed E-state index contributed by atoms with van der Waals surface area (Å²) in [7, 11) is 0. The van der Waals surface area contributed by atoms with Crippen molar-refractivity contribution in [3.63, 3.8) is 0 Å². The second-order valence-electron chi connectivity index (χ2n) is 24.1. The van der Waals surface area contributed by atoms with E-state index in [1.807, 2.05) is 0 Å². The summed E-state index contributed by atoms with van der Waals surface area (Å²) in [6, 6.07) is 0. The largest absolute Gasteiger partial charge is 2.00 e. The van der Waals surface area contributed by atoms with Crippen LogP contribution in [0.15, 0.2) is 0 Å². The van der Waals surface area contributed by atoms with Crippen LogP contribution in [0.1, 0.15) is 413 Å². The van der Waals surface area contributed by atoms with E-state index in [-0.39, 0.29) is 56.5 Å². The van der Waals surface area contributed by atoms with Crippen LogP contribution in [0.25, 0.3) is 0 Å². The molecule has 0 fully saturated rings. The van der Waals surface area contributed by atoms with Gasteiger partial charge in [0.2, 0.25) is 0 Å². The number of rotatable bonds is 64. The Morgan fingerprint density at radius 3 is 0.570 bits per heavy atom. The van der Waals surface area contributed by atoms with Crippen LogP contribution < -0.4 is 10.2 Å². The van der Waals surface area contributed by atoms with Gasteiger partial charge >= 0.3 is 31.4 Å². The van der Waals surface area contributed by atoms with Gasteiger partial charge in [-0.05, 0) is 89.9 Å². The fraction of sp³-hybridized carbons (Fsp3) is 0.943. The zero-order valence-electron chi connectivity index (χ0n) is 53.6. The minimum Gasteiger partial charge on any atom is -0.550 e. The molecule has 9 heteroatoms. The summed E-state index contributed by atoms with van der Waals surface area (Å²) in [5.74, 6) is -1.90. The molecule has 464 valence electrons. The molecule has 0 heterocycles. The van der Waals surface area contributed by atoms with Gasteiger partial charge in [0.05, 0.1) is 0 Å². The Balaban J connectivity index is -0.00000144. The predicted octanol–water partition coefficient (Wildman–Crippen LogP) is 20.8. The van der Waals surface area contributed by atoms with Crippen molar-refractivity contribution in [2.45, 2.75) is 425 Å². The molecule has 0 aromatic carbocycles. The fourth-order valence-electron chi connectivity index (χ4n) is 10.9. The van der Waals surface area contributed by atoms with Gasteiger partial charge < -0.3 is 29.3 Å². The van der Waals surface area contributed by atoms with E-state index in [9.17, 15) is 29.4 Å². The third kappa shape index (κ3) is 72.6. The first-order chi connectivity index (χ1) is 38.2. The standard InChI is InChI=1S/2C35H68O4.Zn/c2*1-3-5-7-9-11-12-13-14-15-16-17-19-24-28-32-35(38)39-33(29-25-21-18-10-8-6-4-2)30-26-22-20-23-27-31-34(36)37;/h2*33H,3-32H2,1-2H3,(H,36,37);/q;;+2/p-2. The van der Waals surface area contributed by atoms with E-state index >= 15 is 0 Å². The van der Waals surface area contributed by atoms with Crippen molar-refractivity contribution in [1.82, 2.24) is 0 Å². The molecule has 0 rings (SSSR count). The van der Waals surface area contributed by atoms with E-state index in [1.54, 1.807) is 0 Å². The quantitative estimate of drug-likeness (QED) is 0.0334. The Morgan fingerprint density at radius 1 is 0.241 bits per heavy atom. The maximum Gasteiger partial charge on any atom is 2.00 e. The van der Waals surface area contributed by atoms with E-state index in [0.717, 1.165) is 116 Å². The normalized spacial score (nSPS) is 11.9. The molecule has 8 nitrogen and oxygen atoms in total. The average molecular weight is 1170 g/mol. The van der Waals surface area contributed by atoms with Crippen LogP contribution in [-0.2, 0) is 48.1 Å². The summed E-state index contributed by atoms with van der Waals surface area (Å²) in [4.78, 5) is 46.1. The molecule has 0 aliphatic carbocycles. The van der Waals surface area contributed by atoms with Crippen molar-refractivity contribution in [2.75, 3.05) is 0 Å². The van der Waals surface area contributed by atoms with Gasteiger partial charge in [0.15, 0.2) is 0 Å². The van der Waals surface area contributed by atoms with Gasteiger partial charge in [0.1, 0.15) is 12.2 Å². The molecular formula is C70H134O8Zn. The van der Waals surface area contributed by atoms with Crippen molar-refractivity contribution in [3.8, 4) is 0 Å².